The lowest BCUT2D eigenvalue weighted by molar-refractivity contribution is -0.128. The van der Waals surface area contributed by atoms with Crippen molar-refractivity contribution in [2.45, 2.75) is 96.7 Å². The Bertz CT molecular complexity index is 1050. The van der Waals surface area contributed by atoms with E-state index >= 15 is 0 Å². The van der Waals surface area contributed by atoms with Gasteiger partial charge >= 0.3 is 5.97 Å². The molecule has 3 rings (SSSR count). The molecule has 0 bridgehead atoms. The fraction of sp³-hybridized carbons (Fsp3) is 0.657. The lowest BCUT2D eigenvalue weighted by Crippen LogP contribution is -2.49. The van der Waals surface area contributed by atoms with Crippen LogP contribution in [0.1, 0.15) is 100 Å². The number of allylic oxidation sites excluding steroid dienone is 2. The van der Waals surface area contributed by atoms with Gasteiger partial charge in [0.25, 0.3) is 5.91 Å². The summed E-state index contributed by atoms with van der Waals surface area (Å²) in [7, 11) is 3.42. The van der Waals surface area contributed by atoms with Crippen molar-refractivity contribution in [1.82, 2.24) is 9.80 Å². The average molecular weight is 584 g/mol. The Hall–Kier alpha value is -2.67. The number of likely N-dealkylation sites (tertiary alicyclic amines) is 2. The highest BCUT2D eigenvalue weighted by atomic mass is 19.1. The molecule has 0 radical (unpaired) electrons. The van der Waals surface area contributed by atoms with Gasteiger partial charge in [0, 0.05) is 57.1 Å². The molecule has 2 aliphatic rings. The molecule has 6 nitrogen and oxygen atoms in total. The van der Waals surface area contributed by atoms with E-state index in [4.69, 9.17) is 4.74 Å². The maximum absolute atomic E-state index is 13.9. The van der Waals surface area contributed by atoms with Crippen LogP contribution >= 0.6 is 0 Å². The summed E-state index contributed by atoms with van der Waals surface area (Å²) in [6.07, 6.45) is 11.4. The zero-order chi connectivity index (χ0) is 30.6. The quantitative estimate of drug-likeness (QED) is 0.132. The molecule has 1 amide bonds. The number of hydrogen-bond acceptors (Lipinski definition) is 5. The molecule has 1 atom stereocenters. The van der Waals surface area contributed by atoms with E-state index in [1.807, 2.05) is 36.2 Å². The van der Waals surface area contributed by atoms with Gasteiger partial charge in [-0.05, 0) is 61.6 Å². The van der Waals surface area contributed by atoms with Crippen LogP contribution < -0.4 is 4.90 Å². The summed E-state index contributed by atoms with van der Waals surface area (Å²) >= 11 is 0. The predicted molar refractivity (Wildman–Crippen MR) is 171 cm³/mol. The van der Waals surface area contributed by atoms with E-state index < -0.39 is 6.17 Å². The van der Waals surface area contributed by atoms with Crippen molar-refractivity contribution in [1.29, 1.82) is 0 Å². The topological polar surface area (TPSA) is 53.1 Å². The molecule has 0 aromatic heterocycles. The summed E-state index contributed by atoms with van der Waals surface area (Å²) in [6, 6.07) is 6.29. The van der Waals surface area contributed by atoms with E-state index in [2.05, 4.69) is 43.2 Å². The Balaban J connectivity index is 1.81. The first-order chi connectivity index (χ1) is 20.2. The van der Waals surface area contributed by atoms with E-state index in [0.29, 0.717) is 62.3 Å². The van der Waals surface area contributed by atoms with Gasteiger partial charge in [-0.15, -0.1) is 6.58 Å². The van der Waals surface area contributed by atoms with Gasteiger partial charge in [0.2, 0.25) is 0 Å². The number of anilines is 1. The van der Waals surface area contributed by atoms with Crippen molar-refractivity contribution in [3.05, 3.63) is 53.6 Å². The number of alkyl halides is 1. The van der Waals surface area contributed by atoms with E-state index in [1.165, 1.54) is 12.7 Å². The molecule has 234 valence electrons. The van der Waals surface area contributed by atoms with E-state index in [1.54, 1.807) is 0 Å². The number of benzene rings is 1. The number of rotatable bonds is 14. The largest absolute Gasteiger partial charge is 0.465 e. The van der Waals surface area contributed by atoms with Crippen LogP contribution in [0.2, 0.25) is 0 Å². The van der Waals surface area contributed by atoms with Crippen molar-refractivity contribution < 1.29 is 18.7 Å². The smallest absolute Gasteiger partial charge is 0.337 e. The molecule has 2 fully saturated rings. The van der Waals surface area contributed by atoms with Gasteiger partial charge in [-0.3, -0.25) is 4.79 Å². The van der Waals surface area contributed by atoms with Crippen LogP contribution in [0.3, 0.4) is 0 Å². The fourth-order valence-corrected chi connectivity index (χ4v) is 6.80. The van der Waals surface area contributed by atoms with Crippen molar-refractivity contribution in [2.75, 3.05) is 51.8 Å². The van der Waals surface area contributed by atoms with E-state index in [0.717, 1.165) is 62.9 Å². The number of carbonyl (C=O) groups excluding carboxylic acids is 2. The monoisotopic (exact) mass is 583 g/mol. The van der Waals surface area contributed by atoms with Gasteiger partial charge < -0.3 is 19.4 Å². The highest BCUT2D eigenvalue weighted by Crippen LogP contribution is 2.37. The first-order valence-electron chi connectivity index (χ1n) is 16.1. The second-order valence-electron chi connectivity index (χ2n) is 12.2. The minimum Gasteiger partial charge on any atom is -0.465 e. The maximum Gasteiger partial charge on any atom is 0.337 e. The summed E-state index contributed by atoms with van der Waals surface area (Å²) < 4.78 is 18.7. The third kappa shape index (κ3) is 8.92. The number of amides is 1. The Kier molecular flexibility index (Phi) is 13.6. The van der Waals surface area contributed by atoms with Crippen molar-refractivity contribution >= 4 is 17.6 Å². The molecule has 0 aliphatic carbocycles. The van der Waals surface area contributed by atoms with Crippen molar-refractivity contribution in [3.8, 4) is 0 Å². The Morgan fingerprint density at radius 3 is 2.31 bits per heavy atom. The summed E-state index contributed by atoms with van der Waals surface area (Å²) in [5.41, 5.74) is 3.43. The lowest BCUT2D eigenvalue weighted by Gasteiger charge is -2.41. The second kappa shape index (κ2) is 16.8. The Morgan fingerprint density at radius 2 is 1.74 bits per heavy atom. The molecule has 1 aromatic rings. The van der Waals surface area contributed by atoms with Crippen molar-refractivity contribution in [2.24, 2.45) is 5.92 Å². The molecule has 42 heavy (non-hydrogen) atoms. The third-order valence-corrected chi connectivity index (χ3v) is 9.32. The zero-order valence-electron chi connectivity index (χ0n) is 26.7. The standard InChI is InChI=1S/C35H54FN3O3/c1-7-10-13-29(34(40)39-22-18-31(19-23-39)38-20-16-30(36)17-21-38)25-37(5)33-24-28(35(41)42-6)14-15-32(33)26(4)27(11-8-2)12-9-3/h7,13-15,24,26-27,30-31H,1,8-12,16-23,25H2,2-6H3/b29-13+. The molecule has 2 aliphatic heterocycles. The number of hydrogen-bond donors (Lipinski definition) is 0. The Morgan fingerprint density at radius 1 is 1.10 bits per heavy atom. The molecular weight excluding hydrogens is 529 g/mol. The first-order valence-corrected chi connectivity index (χ1v) is 16.1. The molecule has 0 spiro atoms. The summed E-state index contributed by atoms with van der Waals surface area (Å²) in [4.78, 5) is 32.9. The second-order valence-corrected chi connectivity index (χ2v) is 12.2. The summed E-state index contributed by atoms with van der Waals surface area (Å²) in [5.74, 6) is 0.565. The minimum absolute atomic E-state index is 0.0678. The van der Waals surface area contributed by atoms with Crippen LogP contribution in [-0.2, 0) is 9.53 Å². The van der Waals surface area contributed by atoms with Crippen LogP contribution in [0.15, 0.2) is 42.5 Å². The summed E-state index contributed by atoms with van der Waals surface area (Å²) in [6.45, 7) is 14.1. The lowest BCUT2D eigenvalue weighted by atomic mass is 9.81. The fourth-order valence-electron chi connectivity index (χ4n) is 6.80. The van der Waals surface area contributed by atoms with Crippen LogP contribution in [0.4, 0.5) is 10.1 Å². The average Bonchev–Trinajstić information content (AvgIpc) is 3.02. The summed E-state index contributed by atoms with van der Waals surface area (Å²) in [5, 5.41) is 0. The number of carbonyl (C=O) groups is 2. The van der Waals surface area contributed by atoms with Crippen LogP contribution in [0.5, 0.6) is 0 Å². The number of ether oxygens (including phenoxy) is 1. The molecule has 1 aromatic carbocycles. The molecular formula is C35H54FN3O3. The maximum atomic E-state index is 13.9. The van der Waals surface area contributed by atoms with Gasteiger partial charge in [-0.2, -0.15) is 0 Å². The van der Waals surface area contributed by atoms with Gasteiger partial charge in [0.05, 0.1) is 12.7 Å². The number of esters is 1. The van der Waals surface area contributed by atoms with Gasteiger partial charge in [0.1, 0.15) is 6.17 Å². The highest BCUT2D eigenvalue weighted by Gasteiger charge is 2.31. The first kappa shape index (κ1) is 33.8. The van der Waals surface area contributed by atoms with Crippen LogP contribution in [0.25, 0.3) is 0 Å². The van der Waals surface area contributed by atoms with Crippen LogP contribution in [-0.4, -0.2) is 80.8 Å². The SMILES string of the molecule is C=CC/C=C(\CN(C)c1cc(C(=O)OC)ccc1C(C)C(CCC)CCC)C(=O)N1CCC(N2CCC(F)CC2)CC1. The zero-order valence-corrected chi connectivity index (χ0v) is 26.7. The molecule has 2 heterocycles. The Labute approximate surface area is 254 Å². The van der Waals surface area contributed by atoms with Gasteiger partial charge in [-0.25, -0.2) is 9.18 Å². The minimum atomic E-state index is -0.668. The molecule has 7 heteroatoms. The number of piperidine rings is 2. The molecule has 0 saturated carbocycles. The third-order valence-electron chi connectivity index (χ3n) is 9.32. The molecule has 1 unspecified atom stereocenters. The van der Waals surface area contributed by atoms with Crippen LogP contribution in [0, 0.1) is 5.92 Å². The number of halogens is 1. The van der Waals surface area contributed by atoms with Crippen molar-refractivity contribution in [3.63, 3.8) is 0 Å². The van der Waals surface area contributed by atoms with E-state index in [9.17, 15) is 14.0 Å². The highest BCUT2D eigenvalue weighted by molar-refractivity contribution is 5.95. The molecule has 2 saturated heterocycles. The van der Waals surface area contributed by atoms with E-state index in [-0.39, 0.29) is 11.9 Å². The van der Waals surface area contributed by atoms with Gasteiger partial charge in [-0.1, -0.05) is 64.7 Å². The molecule has 0 N–H and O–H groups in total. The number of likely N-dealkylation sites (N-methyl/N-ethyl adjacent to an activating group) is 1. The van der Waals surface area contributed by atoms with Gasteiger partial charge in [0.15, 0.2) is 0 Å². The number of methoxy groups -OCH3 is 1. The normalized spacial score (nSPS) is 18.3. The predicted octanol–water partition coefficient (Wildman–Crippen LogP) is 7.16. The number of nitrogens with zero attached hydrogens (tertiary/aromatic N) is 3.